The van der Waals surface area contributed by atoms with Gasteiger partial charge in [0.1, 0.15) is 6.54 Å². The Labute approximate surface area is 146 Å². The minimum atomic E-state index is -0.587. The Balaban J connectivity index is 2.15. The van der Waals surface area contributed by atoms with E-state index in [1.165, 1.54) is 5.56 Å². The van der Waals surface area contributed by atoms with Crippen LogP contribution in [0.1, 0.15) is 38.8 Å². The quantitative estimate of drug-likeness (QED) is 0.615. The van der Waals surface area contributed by atoms with Crippen molar-refractivity contribution in [2.24, 2.45) is 0 Å². The number of rotatable bonds is 4. The third kappa shape index (κ3) is 4.26. The molecule has 1 aliphatic rings. The topological polar surface area (TPSA) is 63.7 Å². The molecule has 1 aromatic carbocycles. The van der Waals surface area contributed by atoms with Gasteiger partial charge in [-0.25, -0.2) is 0 Å². The highest BCUT2D eigenvalue weighted by molar-refractivity contribution is 8.18. The molecule has 0 aromatic heterocycles. The van der Waals surface area contributed by atoms with E-state index in [1.807, 2.05) is 24.3 Å². The number of carbonyl (C=O) groups excluding carboxylic acids is 3. The lowest BCUT2D eigenvalue weighted by Gasteiger charge is -2.18. The first-order chi connectivity index (χ1) is 11.2. The molecule has 1 heterocycles. The Kier molecular flexibility index (Phi) is 5.49. The summed E-state index contributed by atoms with van der Waals surface area (Å²) in [6.45, 7) is 7.92. The lowest BCUT2D eigenvalue weighted by Crippen LogP contribution is -2.34. The second-order valence-corrected chi connectivity index (χ2v) is 7.44. The average Bonchev–Trinajstić information content (AvgIpc) is 2.75. The maximum Gasteiger partial charge on any atom is 0.326 e. The molecule has 5 nitrogen and oxygen atoms in total. The highest BCUT2D eigenvalue weighted by atomic mass is 32.2. The third-order valence-corrected chi connectivity index (χ3v) is 4.45. The summed E-state index contributed by atoms with van der Waals surface area (Å²) in [4.78, 5) is 36.9. The van der Waals surface area contributed by atoms with Crippen molar-refractivity contribution in [3.63, 3.8) is 0 Å². The van der Waals surface area contributed by atoms with Gasteiger partial charge in [-0.3, -0.25) is 19.3 Å². The van der Waals surface area contributed by atoms with Gasteiger partial charge in [0.2, 0.25) is 0 Å². The van der Waals surface area contributed by atoms with E-state index in [1.54, 1.807) is 13.0 Å². The van der Waals surface area contributed by atoms with Gasteiger partial charge >= 0.3 is 5.97 Å². The smallest absolute Gasteiger partial charge is 0.326 e. The fourth-order valence-corrected chi connectivity index (χ4v) is 3.04. The predicted molar refractivity (Wildman–Crippen MR) is 94.5 cm³/mol. The van der Waals surface area contributed by atoms with Gasteiger partial charge < -0.3 is 4.74 Å². The molecule has 0 aliphatic carbocycles. The van der Waals surface area contributed by atoms with Crippen LogP contribution < -0.4 is 0 Å². The highest BCUT2D eigenvalue weighted by Crippen LogP contribution is 2.32. The standard InChI is InChI=1S/C18H21NO4S/c1-5-23-15(20)11-19-16(21)14(24-17(19)22)10-12-6-8-13(9-7-12)18(2,3)4/h6-10H,5,11H2,1-4H3. The molecule has 6 heteroatoms. The van der Waals surface area contributed by atoms with Crippen LogP contribution in [0.2, 0.25) is 0 Å². The lowest BCUT2D eigenvalue weighted by atomic mass is 9.87. The molecule has 24 heavy (non-hydrogen) atoms. The molecule has 0 N–H and O–H groups in total. The molecule has 1 fully saturated rings. The van der Waals surface area contributed by atoms with E-state index in [9.17, 15) is 14.4 Å². The van der Waals surface area contributed by atoms with Crippen LogP contribution >= 0.6 is 11.8 Å². The van der Waals surface area contributed by atoms with E-state index in [-0.39, 0.29) is 18.6 Å². The number of amides is 2. The predicted octanol–water partition coefficient (Wildman–Crippen LogP) is 3.58. The van der Waals surface area contributed by atoms with Crippen molar-refractivity contribution in [3.05, 3.63) is 40.3 Å². The SMILES string of the molecule is CCOC(=O)CN1C(=O)SC(=Cc2ccc(C(C)(C)C)cc2)C1=O. The van der Waals surface area contributed by atoms with E-state index in [0.29, 0.717) is 4.91 Å². The average molecular weight is 347 g/mol. The van der Waals surface area contributed by atoms with Crippen LogP contribution in [0.15, 0.2) is 29.2 Å². The van der Waals surface area contributed by atoms with E-state index in [0.717, 1.165) is 22.2 Å². The summed E-state index contributed by atoms with van der Waals surface area (Å²) in [5.74, 6) is -1.05. The number of benzene rings is 1. The molecule has 2 rings (SSSR count). The van der Waals surface area contributed by atoms with Gasteiger partial charge in [-0.2, -0.15) is 0 Å². The normalized spacial score (nSPS) is 16.8. The van der Waals surface area contributed by atoms with Crippen LogP contribution in [0.25, 0.3) is 6.08 Å². The fraction of sp³-hybridized carbons (Fsp3) is 0.389. The Morgan fingerprint density at radius 1 is 1.21 bits per heavy atom. The van der Waals surface area contributed by atoms with Gasteiger partial charge in [-0.1, -0.05) is 45.0 Å². The molecule has 2 amide bonds. The summed E-state index contributed by atoms with van der Waals surface area (Å²) in [5, 5.41) is -0.453. The molecule has 0 saturated carbocycles. The summed E-state index contributed by atoms with van der Waals surface area (Å²) in [7, 11) is 0. The molecular formula is C18H21NO4S. The monoisotopic (exact) mass is 347 g/mol. The fourth-order valence-electron chi connectivity index (χ4n) is 2.20. The molecule has 1 aliphatic heterocycles. The zero-order valence-electron chi connectivity index (χ0n) is 14.3. The Morgan fingerprint density at radius 2 is 1.83 bits per heavy atom. The minimum Gasteiger partial charge on any atom is -0.465 e. The maximum atomic E-state index is 12.3. The van der Waals surface area contributed by atoms with Gasteiger partial charge in [-0.05, 0) is 41.3 Å². The van der Waals surface area contributed by atoms with Gasteiger partial charge in [0, 0.05) is 0 Å². The van der Waals surface area contributed by atoms with Crippen LogP contribution in [0.4, 0.5) is 4.79 Å². The molecular weight excluding hydrogens is 326 g/mol. The van der Waals surface area contributed by atoms with E-state index < -0.39 is 17.1 Å². The summed E-state index contributed by atoms with van der Waals surface area (Å²) < 4.78 is 4.79. The van der Waals surface area contributed by atoms with Crippen LogP contribution in [-0.4, -0.2) is 35.2 Å². The van der Waals surface area contributed by atoms with Gasteiger partial charge in [-0.15, -0.1) is 0 Å². The third-order valence-electron chi connectivity index (χ3n) is 3.54. The number of hydrogen-bond acceptors (Lipinski definition) is 5. The Hall–Kier alpha value is -2.08. The van der Waals surface area contributed by atoms with Crippen molar-refractivity contribution in [3.8, 4) is 0 Å². The number of hydrogen-bond donors (Lipinski definition) is 0. The number of nitrogens with zero attached hydrogens (tertiary/aromatic N) is 1. The van der Waals surface area contributed by atoms with Crippen LogP contribution in [0.3, 0.4) is 0 Å². The van der Waals surface area contributed by atoms with Crippen LogP contribution in [0.5, 0.6) is 0 Å². The largest absolute Gasteiger partial charge is 0.465 e. The molecule has 0 bridgehead atoms. The number of imide groups is 1. The number of ether oxygens (including phenoxy) is 1. The van der Waals surface area contributed by atoms with E-state index >= 15 is 0 Å². The van der Waals surface area contributed by atoms with Gasteiger partial charge in [0.15, 0.2) is 0 Å². The van der Waals surface area contributed by atoms with Gasteiger partial charge in [0.05, 0.1) is 11.5 Å². The first-order valence-electron chi connectivity index (χ1n) is 7.74. The Morgan fingerprint density at radius 3 is 2.38 bits per heavy atom. The summed E-state index contributed by atoms with van der Waals surface area (Å²) >= 11 is 0.837. The first kappa shape index (κ1) is 18.3. The summed E-state index contributed by atoms with van der Waals surface area (Å²) in [5.41, 5.74) is 2.08. The Bertz CT molecular complexity index is 686. The van der Waals surface area contributed by atoms with Crippen molar-refractivity contribution in [2.75, 3.05) is 13.2 Å². The number of carbonyl (C=O) groups is 3. The maximum absolute atomic E-state index is 12.3. The summed E-state index contributed by atoms with van der Waals surface area (Å²) in [6.07, 6.45) is 1.67. The second kappa shape index (κ2) is 7.21. The lowest BCUT2D eigenvalue weighted by molar-refractivity contribution is -0.145. The molecule has 0 spiro atoms. The van der Waals surface area contributed by atoms with E-state index in [4.69, 9.17) is 4.74 Å². The second-order valence-electron chi connectivity index (χ2n) is 6.44. The van der Waals surface area contributed by atoms with Crippen molar-refractivity contribution >= 4 is 35.0 Å². The van der Waals surface area contributed by atoms with Crippen molar-refractivity contribution in [1.29, 1.82) is 0 Å². The summed E-state index contributed by atoms with van der Waals surface area (Å²) in [6, 6.07) is 7.85. The molecule has 1 aromatic rings. The first-order valence-corrected chi connectivity index (χ1v) is 8.55. The van der Waals surface area contributed by atoms with Crippen molar-refractivity contribution in [2.45, 2.75) is 33.1 Å². The molecule has 1 saturated heterocycles. The molecule has 0 atom stereocenters. The van der Waals surface area contributed by atoms with E-state index in [2.05, 4.69) is 20.8 Å². The zero-order chi connectivity index (χ0) is 17.9. The number of esters is 1. The molecule has 0 unspecified atom stereocenters. The molecule has 0 radical (unpaired) electrons. The van der Waals surface area contributed by atoms with Crippen molar-refractivity contribution < 1.29 is 19.1 Å². The minimum absolute atomic E-state index is 0.0516. The molecule has 128 valence electrons. The van der Waals surface area contributed by atoms with Crippen molar-refractivity contribution in [1.82, 2.24) is 4.90 Å². The highest BCUT2D eigenvalue weighted by Gasteiger charge is 2.36. The van der Waals surface area contributed by atoms with Crippen LogP contribution in [-0.2, 0) is 19.7 Å². The number of thioether (sulfide) groups is 1. The zero-order valence-corrected chi connectivity index (χ0v) is 15.1. The van der Waals surface area contributed by atoms with Gasteiger partial charge in [0.25, 0.3) is 11.1 Å². The van der Waals surface area contributed by atoms with Crippen LogP contribution in [0, 0.1) is 0 Å².